The van der Waals surface area contributed by atoms with E-state index in [2.05, 4.69) is 33.2 Å². The minimum absolute atomic E-state index is 0.571. The van der Waals surface area contributed by atoms with Crippen molar-refractivity contribution in [3.8, 4) is 0 Å². The Morgan fingerprint density at radius 2 is 1.37 bits per heavy atom. The molecule has 5 nitrogen and oxygen atoms in total. The monoisotopic (exact) mass is 265 g/mol. The van der Waals surface area contributed by atoms with Crippen molar-refractivity contribution in [2.45, 2.75) is 13.0 Å². The zero-order valence-electron chi connectivity index (χ0n) is 11.9. The molecule has 0 saturated carbocycles. The summed E-state index contributed by atoms with van der Waals surface area (Å²) in [6.45, 7) is 9.65. The van der Waals surface area contributed by atoms with Crippen LogP contribution in [0.15, 0.2) is 30.6 Å². The lowest BCUT2D eigenvalue weighted by atomic mass is 10.3. The summed E-state index contributed by atoms with van der Waals surface area (Å²) in [5.41, 5.74) is 0. The number of hydrogen-bond donors (Lipinski definition) is 4. The molecule has 1 atom stereocenters. The lowest BCUT2D eigenvalue weighted by molar-refractivity contribution is 0.473. The molecule has 1 saturated heterocycles. The zero-order chi connectivity index (χ0) is 13.6. The molecule has 1 aromatic rings. The molecule has 1 aromatic heterocycles. The summed E-state index contributed by atoms with van der Waals surface area (Å²) < 4.78 is 0. The number of nitrogens with one attached hydrogen (secondary N) is 4. The summed E-state index contributed by atoms with van der Waals surface area (Å²) in [6, 6.07) is 6.29. The van der Waals surface area contributed by atoms with Crippen LogP contribution in [0.5, 0.6) is 0 Å². The second kappa shape index (κ2) is 12.0. The van der Waals surface area contributed by atoms with Crippen molar-refractivity contribution in [1.29, 1.82) is 0 Å². The Bertz CT molecular complexity index is 242. The number of rotatable bonds is 0. The van der Waals surface area contributed by atoms with Crippen LogP contribution >= 0.6 is 0 Å². The minimum Gasteiger partial charge on any atom is -0.314 e. The Balaban J connectivity index is 0.000000250. The summed E-state index contributed by atoms with van der Waals surface area (Å²) in [4.78, 5) is 3.78. The summed E-state index contributed by atoms with van der Waals surface area (Å²) in [5, 5.41) is 13.6. The predicted molar refractivity (Wildman–Crippen MR) is 80.3 cm³/mol. The summed E-state index contributed by atoms with van der Waals surface area (Å²) >= 11 is 0. The van der Waals surface area contributed by atoms with Crippen molar-refractivity contribution >= 4 is 0 Å². The SMILES string of the molecule is CC1CNCCNCCNCCN1.c1ccncc1. The third-order valence-corrected chi connectivity index (χ3v) is 2.77. The fourth-order valence-electron chi connectivity index (χ4n) is 1.71. The van der Waals surface area contributed by atoms with Gasteiger partial charge in [0.2, 0.25) is 0 Å². The van der Waals surface area contributed by atoms with Crippen molar-refractivity contribution in [2.24, 2.45) is 0 Å². The maximum Gasteiger partial charge on any atom is 0.0267 e. The Morgan fingerprint density at radius 1 is 0.789 bits per heavy atom. The fourth-order valence-corrected chi connectivity index (χ4v) is 1.71. The van der Waals surface area contributed by atoms with E-state index in [1.807, 2.05) is 18.2 Å². The van der Waals surface area contributed by atoms with Gasteiger partial charge in [0.1, 0.15) is 0 Å². The van der Waals surface area contributed by atoms with Gasteiger partial charge in [-0.05, 0) is 19.1 Å². The molecular formula is C14H27N5. The van der Waals surface area contributed by atoms with E-state index in [0.29, 0.717) is 6.04 Å². The van der Waals surface area contributed by atoms with Gasteiger partial charge in [0.15, 0.2) is 0 Å². The molecule has 19 heavy (non-hydrogen) atoms. The molecule has 0 radical (unpaired) electrons. The molecule has 1 fully saturated rings. The first kappa shape index (κ1) is 16.0. The minimum atomic E-state index is 0.571. The highest BCUT2D eigenvalue weighted by Gasteiger charge is 2.00. The first-order chi connectivity index (χ1) is 9.39. The maximum atomic E-state index is 3.78. The van der Waals surface area contributed by atoms with Crippen molar-refractivity contribution < 1.29 is 0 Å². The highest BCUT2D eigenvalue weighted by Crippen LogP contribution is 1.77. The number of aromatic nitrogens is 1. The number of pyridine rings is 1. The summed E-state index contributed by atoms with van der Waals surface area (Å²) in [5.74, 6) is 0. The summed E-state index contributed by atoms with van der Waals surface area (Å²) in [7, 11) is 0. The van der Waals surface area contributed by atoms with Gasteiger partial charge in [0.05, 0.1) is 0 Å². The average Bonchev–Trinajstić information content (AvgIpc) is 2.45. The Kier molecular flexibility index (Phi) is 10.2. The Morgan fingerprint density at radius 3 is 1.89 bits per heavy atom. The van der Waals surface area contributed by atoms with E-state index in [1.54, 1.807) is 12.4 Å². The molecule has 0 aliphatic carbocycles. The molecule has 4 N–H and O–H groups in total. The van der Waals surface area contributed by atoms with Crippen LogP contribution in [0.4, 0.5) is 0 Å². The molecule has 0 spiro atoms. The number of nitrogens with zero attached hydrogens (tertiary/aromatic N) is 1. The second-order valence-corrected chi connectivity index (χ2v) is 4.58. The molecule has 108 valence electrons. The van der Waals surface area contributed by atoms with Gasteiger partial charge in [-0.25, -0.2) is 0 Å². The van der Waals surface area contributed by atoms with Gasteiger partial charge < -0.3 is 21.3 Å². The van der Waals surface area contributed by atoms with Crippen molar-refractivity contribution in [1.82, 2.24) is 26.3 Å². The zero-order valence-corrected chi connectivity index (χ0v) is 11.9. The van der Waals surface area contributed by atoms with Gasteiger partial charge in [0.25, 0.3) is 0 Å². The molecule has 5 heteroatoms. The van der Waals surface area contributed by atoms with Gasteiger partial charge in [-0.3, -0.25) is 4.98 Å². The van der Waals surface area contributed by atoms with Gasteiger partial charge in [-0.1, -0.05) is 6.07 Å². The Labute approximate surface area is 116 Å². The van der Waals surface area contributed by atoms with Crippen LogP contribution in [-0.4, -0.2) is 56.8 Å². The lowest BCUT2D eigenvalue weighted by Crippen LogP contribution is -2.43. The molecule has 0 aromatic carbocycles. The molecule has 1 aliphatic heterocycles. The third-order valence-electron chi connectivity index (χ3n) is 2.77. The molecule has 2 heterocycles. The molecule has 1 aliphatic rings. The van der Waals surface area contributed by atoms with Gasteiger partial charge >= 0.3 is 0 Å². The normalized spacial score (nSPS) is 22.3. The third kappa shape index (κ3) is 10.6. The van der Waals surface area contributed by atoms with E-state index in [4.69, 9.17) is 0 Å². The van der Waals surface area contributed by atoms with Crippen LogP contribution in [0.2, 0.25) is 0 Å². The second-order valence-electron chi connectivity index (χ2n) is 4.58. The molecule has 0 amide bonds. The van der Waals surface area contributed by atoms with E-state index in [0.717, 1.165) is 45.8 Å². The first-order valence-electron chi connectivity index (χ1n) is 7.10. The van der Waals surface area contributed by atoms with E-state index >= 15 is 0 Å². The summed E-state index contributed by atoms with van der Waals surface area (Å²) in [6.07, 6.45) is 3.50. The van der Waals surface area contributed by atoms with E-state index in [-0.39, 0.29) is 0 Å². The molecule has 1 unspecified atom stereocenters. The molecule has 0 bridgehead atoms. The van der Waals surface area contributed by atoms with Crippen LogP contribution in [-0.2, 0) is 0 Å². The number of hydrogen-bond acceptors (Lipinski definition) is 5. The van der Waals surface area contributed by atoms with Gasteiger partial charge in [-0.15, -0.1) is 0 Å². The van der Waals surface area contributed by atoms with Gasteiger partial charge in [-0.2, -0.15) is 0 Å². The van der Waals surface area contributed by atoms with E-state index < -0.39 is 0 Å². The largest absolute Gasteiger partial charge is 0.314 e. The van der Waals surface area contributed by atoms with E-state index in [1.165, 1.54) is 0 Å². The lowest BCUT2D eigenvalue weighted by Gasteiger charge is -2.16. The van der Waals surface area contributed by atoms with Crippen LogP contribution in [0.3, 0.4) is 0 Å². The predicted octanol–water partition coefficient (Wildman–Crippen LogP) is -0.171. The fraction of sp³-hybridized carbons (Fsp3) is 0.643. The van der Waals surface area contributed by atoms with Gasteiger partial charge in [0, 0.05) is 64.2 Å². The Hall–Kier alpha value is -1.01. The highest BCUT2D eigenvalue weighted by atomic mass is 15.0. The quantitative estimate of drug-likeness (QED) is 0.525. The molecular weight excluding hydrogens is 238 g/mol. The molecule has 2 rings (SSSR count). The van der Waals surface area contributed by atoms with Crippen LogP contribution < -0.4 is 21.3 Å². The maximum absolute atomic E-state index is 3.78. The van der Waals surface area contributed by atoms with E-state index in [9.17, 15) is 0 Å². The van der Waals surface area contributed by atoms with Crippen molar-refractivity contribution in [2.75, 3.05) is 45.8 Å². The van der Waals surface area contributed by atoms with Crippen LogP contribution in [0.1, 0.15) is 6.92 Å². The standard InChI is InChI=1S/C9H22N4.C5H5N/c1-9-8-12-5-4-10-2-3-11-6-7-13-9;1-2-4-6-5-3-1/h9-13H,2-8H2,1H3;1-5H. The van der Waals surface area contributed by atoms with Crippen molar-refractivity contribution in [3.05, 3.63) is 30.6 Å². The average molecular weight is 265 g/mol. The van der Waals surface area contributed by atoms with Crippen LogP contribution in [0, 0.1) is 0 Å². The topological polar surface area (TPSA) is 61.0 Å². The van der Waals surface area contributed by atoms with Crippen molar-refractivity contribution in [3.63, 3.8) is 0 Å². The van der Waals surface area contributed by atoms with Crippen LogP contribution in [0.25, 0.3) is 0 Å². The first-order valence-corrected chi connectivity index (χ1v) is 7.10. The highest BCUT2D eigenvalue weighted by molar-refractivity contribution is 4.88. The smallest absolute Gasteiger partial charge is 0.0267 e.